The van der Waals surface area contributed by atoms with E-state index in [0.717, 1.165) is 28.9 Å². The Morgan fingerprint density at radius 3 is 2.42 bits per heavy atom. The van der Waals surface area contributed by atoms with Gasteiger partial charge in [0.05, 0.1) is 11.8 Å². The molecule has 0 saturated heterocycles. The van der Waals surface area contributed by atoms with Crippen molar-refractivity contribution < 1.29 is 4.79 Å². The van der Waals surface area contributed by atoms with Gasteiger partial charge in [-0.05, 0) is 36.6 Å². The third-order valence-electron chi connectivity index (χ3n) is 5.12. The minimum absolute atomic E-state index is 0.0878. The maximum absolute atomic E-state index is 13.0. The van der Waals surface area contributed by atoms with E-state index in [1.54, 1.807) is 12.4 Å². The summed E-state index contributed by atoms with van der Waals surface area (Å²) in [5, 5.41) is 9.29. The molecule has 0 aliphatic heterocycles. The number of hydrogen-bond donors (Lipinski definition) is 0. The van der Waals surface area contributed by atoms with Gasteiger partial charge in [0.15, 0.2) is 16.8 Å². The van der Waals surface area contributed by atoms with Crippen molar-refractivity contribution in [2.75, 3.05) is 0 Å². The van der Waals surface area contributed by atoms with Gasteiger partial charge in [0, 0.05) is 23.5 Å². The molecule has 2 heterocycles. The standard InChI is InChI=1S/C25H24N4OS/c1-3-19-11-13-21(14-12-19)23(30)18(2)31-25-28-27-24(22-10-7-15-26-16-22)29(25)17-20-8-5-4-6-9-20/h4-16,18H,3,17H2,1-2H3/t18-/m1/s1. The van der Waals surface area contributed by atoms with Crippen LogP contribution in [0.1, 0.15) is 35.3 Å². The van der Waals surface area contributed by atoms with Gasteiger partial charge in [-0.15, -0.1) is 10.2 Å². The van der Waals surface area contributed by atoms with E-state index >= 15 is 0 Å². The topological polar surface area (TPSA) is 60.7 Å². The number of thioether (sulfide) groups is 1. The third kappa shape index (κ3) is 4.91. The Labute approximate surface area is 186 Å². The van der Waals surface area contributed by atoms with Crippen LogP contribution in [0.25, 0.3) is 11.4 Å². The molecular formula is C25H24N4OS. The number of benzene rings is 2. The molecule has 5 nitrogen and oxygen atoms in total. The molecule has 156 valence electrons. The van der Waals surface area contributed by atoms with Crippen LogP contribution in [-0.4, -0.2) is 30.8 Å². The first-order chi connectivity index (χ1) is 15.2. The molecule has 6 heteroatoms. The fraction of sp³-hybridized carbons (Fsp3) is 0.200. The van der Waals surface area contributed by atoms with Crippen molar-refractivity contribution in [3.05, 3.63) is 95.8 Å². The lowest BCUT2D eigenvalue weighted by Crippen LogP contribution is -2.15. The highest BCUT2D eigenvalue weighted by Crippen LogP contribution is 2.29. The van der Waals surface area contributed by atoms with E-state index in [0.29, 0.717) is 11.7 Å². The van der Waals surface area contributed by atoms with E-state index in [-0.39, 0.29) is 11.0 Å². The normalized spacial score (nSPS) is 11.9. The number of nitrogens with zero attached hydrogens (tertiary/aromatic N) is 4. The van der Waals surface area contributed by atoms with Crippen molar-refractivity contribution in [1.29, 1.82) is 0 Å². The average Bonchev–Trinajstić information content (AvgIpc) is 3.21. The van der Waals surface area contributed by atoms with Crippen LogP contribution in [0.4, 0.5) is 0 Å². The van der Waals surface area contributed by atoms with Gasteiger partial charge in [-0.1, -0.05) is 73.3 Å². The van der Waals surface area contributed by atoms with Crippen LogP contribution in [0, 0.1) is 0 Å². The number of Topliss-reactive ketones (excluding diaryl/α,β-unsaturated/α-hetero) is 1. The van der Waals surface area contributed by atoms with Gasteiger partial charge in [0.2, 0.25) is 0 Å². The van der Waals surface area contributed by atoms with Crippen LogP contribution >= 0.6 is 11.8 Å². The Kier molecular flexibility index (Phi) is 6.57. The van der Waals surface area contributed by atoms with Gasteiger partial charge in [-0.3, -0.25) is 14.3 Å². The molecule has 4 aromatic rings. The fourth-order valence-corrected chi connectivity index (χ4v) is 4.27. The molecule has 0 aliphatic carbocycles. The van der Waals surface area contributed by atoms with E-state index in [2.05, 4.69) is 38.8 Å². The second kappa shape index (κ2) is 9.71. The Morgan fingerprint density at radius 1 is 0.968 bits per heavy atom. The van der Waals surface area contributed by atoms with Crippen molar-refractivity contribution in [2.45, 2.75) is 37.2 Å². The lowest BCUT2D eigenvalue weighted by molar-refractivity contribution is 0.0994. The average molecular weight is 429 g/mol. The molecular weight excluding hydrogens is 404 g/mol. The minimum atomic E-state index is -0.284. The summed E-state index contributed by atoms with van der Waals surface area (Å²) >= 11 is 1.44. The predicted molar refractivity (Wildman–Crippen MR) is 124 cm³/mol. The van der Waals surface area contributed by atoms with Crippen molar-refractivity contribution in [3.8, 4) is 11.4 Å². The van der Waals surface area contributed by atoms with Gasteiger partial charge in [0.25, 0.3) is 0 Å². The predicted octanol–water partition coefficient (Wildman–Crippen LogP) is 5.31. The van der Waals surface area contributed by atoms with Crippen molar-refractivity contribution >= 4 is 17.5 Å². The summed E-state index contributed by atoms with van der Waals surface area (Å²) in [7, 11) is 0. The summed E-state index contributed by atoms with van der Waals surface area (Å²) in [6.07, 6.45) is 4.48. The summed E-state index contributed by atoms with van der Waals surface area (Å²) in [5.41, 5.74) is 3.98. The number of aryl methyl sites for hydroxylation is 1. The first kappa shape index (κ1) is 21.0. The zero-order chi connectivity index (χ0) is 21.6. The van der Waals surface area contributed by atoms with E-state index in [1.807, 2.05) is 61.5 Å². The number of rotatable bonds is 8. The van der Waals surface area contributed by atoms with E-state index in [4.69, 9.17) is 0 Å². The molecule has 0 amide bonds. The van der Waals surface area contributed by atoms with Gasteiger partial charge in [-0.25, -0.2) is 0 Å². The van der Waals surface area contributed by atoms with Crippen LogP contribution in [-0.2, 0) is 13.0 Å². The molecule has 0 N–H and O–H groups in total. The van der Waals surface area contributed by atoms with Crippen molar-refractivity contribution in [2.24, 2.45) is 0 Å². The molecule has 0 bridgehead atoms. The Bertz CT molecular complexity index is 1140. The molecule has 0 unspecified atom stereocenters. The van der Waals surface area contributed by atoms with Gasteiger partial charge >= 0.3 is 0 Å². The Hall–Kier alpha value is -3.25. The van der Waals surface area contributed by atoms with Gasteiger partial charge in [-0.2, -0.15) is 0 Å². The molecule has 31 heavy (non-hydrogen) atoms. The summed E-state index contributed by atoms with van der Waals surface area (Å²) in [6.45, 7) is 4.65. The van der Waals surface area contributed by atoms with Crippen LogP contribution < -0.4 is 0 Å². The molecule has 0 fully saturated rings. The van der Waals surface area contributed by atoms with Crippen molar-refractivity contribution in [3.63, 3.8) is 0 Å². The summed E-state index contributed by atoms with van der Waals surface area (Å²) in [5.74, 6) is 0.830. The van der Waals surface area contributed by atoms with Crippen LogP contribution in [0.2, 0.25) is 0 Å². The first-order valence-corrected chi connectivity index (χ1v) is 11.2. The minimum Gasteiger partial charge on any atom is -0.297 e. The number of hydrogen-bond acceptors (Lipinski definition) is 5. The third-order valence-corrected chi connectivity index (χ3v) is 6.20. The van der Waals surface area contributed by atoms with Crippen LogP contribution in [0.5, 0.6) is 0 Å². The second-order valence-electron chi connectivity index (χ2n) is 7.29. The zero-order valence-electron chi connectivity index (χ0n) is 17.6. The highest BCUT2D eigenvalue weighted by molar-refractivity contribution is 8.00. The molecule has 2 aromatic heterocycles. The van der Waals surface area contributed by atoms with Gasteiger partial charge in [0.1, 0.15) is 0 Å². The lowest BCUT2D eigenvalue weighted by atomic mass is 10.1. The second-order valence-corrected chi connectivity index (χ2v) is 8.60. The monoisotopic (exact) mass is 428 g/mol. The van der Waals surface area contributed by atoms with Crippen LogP contribution in [0.15, 0.2) is 84.3 Å². The molecule has 0 saturated carbocycles. The van der Waals surface area contributed by atoms with Crippen LogP contribution in [0.3, 0.4) is 0 Å². The Balaban J connectivity index is 1.62. The van der Waals surface area contributed by atoms with Crippen molar-refractivity contribution in [1.82, 2.24) is 19.7 Å². The first-order valence-electron chi connectivity index (χ1n) is 10.3. The Morgan fingerprint density at radius 2 is 1.74 bits per heavy atom. The summed E-state index contributed by atoms with van der Waals surface area (Å²) < 4.78 is 2.06. The largest absolute Gasteiger partial charge is 0.297 e. The highest BCUT2D eigenvalue weighted by atomic mass is 32.2. The number of ketones is 1. The summed E-state index contributed by atoms with van der Waals surface area (Å²) in [6, 6.07) is 21.9. The SMILES string of the molecule is CCc1ccc(C(=O)[C@@H](C)Sc2nnc(-c3cccnc3)n2Cc2ccccc2)cc1. The maximum Gasteiger partial charge on any atom is 0.192 e. The smallest absolute Gasteiger partial charge is 0.192 e. The molecule has 0 radical (unpaired) electrons. The number of carbonyl (C=O) groups is 1. The zero-order valence-corrected chi connectivity index (χ0v) is 18.4. The maximum atomic E-state index is 13.0. The van der Waals surface area contributed by atoms with E-state index < -0.39 is 0 Å². The summed E-state index contributed by atoms with van der Waals surface area (Å²) in [4.78, 5) is 17.2. The molecule has 2 aromatic carbocycles. The van der Waals surface area contributed by atoms with Gasteiger partial charge < -0.3 is 0 Å². The quantitative estimate of drug-likeness (QED) is 0.281. The molecule has 4 rings (SSSR count). The van der Waals surface area contributed by atoms with E-state index in [9.17, 15) is 4.79 Å². The fourth-order valence-electron chi connectivity index (χ4n) is 3.34. The number of aromatic nitrogens is 4. The van der Waals surface area contributed by atoms with E-state index in [1.165, 1.54) is 17.3 Å². The lowest BCUT2D eigenvalue weighted by Gasteiger charge is -2.13. The number of pyridine rings is 1. The highest BCUT2D eigenvalue weighted by Gasteiger charge is 2.22. The molecule has 1 atom stereocenters. The molecule has 0 spiro atoms. The number of carbonyl (C=O) groups excluding carboxylic acids is 1. The molecule has 0 aliphatic rings.